The van der Waals surface area contributed by atoms with E-state index in [2.05, 4.69) is 11.0 Å². The maximum absolute atomic E-state index is 12.4. The molecule has 0 unspecified atom stereocenters. The van der Waals surface area contributed by atoms with Gasteiger partial charge in [-0.05, 0) is 47.2 Å². The zero-order valence-corrected chi connectivity index (χ0v) is 16.4. The lowest BCUT2D eigenvalue weighted by Gasteiger charge is -2.14. The van der Waals surface area contributed by atoms with E-state index in [1.54, 1.807) is 12.1 Å². The van der Waals surface area contributed by atoms with Crippen molar-refractivity contribution in [2.45, 2.75) is 24.0 Å². The van der Waals surface area contributed by atoms with E-state index in [0.29, 0.717) is 3.58 Å². The smallest absolute Gasteiger partial charge is 0.401 e. The van der Waals surface area contributed by atoms with Crippen molar-refractivity contribution in [2.24, 2.45) is 4.40 Å². The van der Waals surface area contributed by atoms with E-state index in [9.17, 15) is 8.42 Å². The van der Waals surface area contributed by atoms with Crippen LogP contribution in [0, 0.1) is 6.92 Å². The summed E-state index contributed by atoms with van der Waals surface area (Å²) in [4.78, 5) is 0.0887. The highest BCUT2D eigenvalue weighted by Crippen LogP contribution is 2.36. The van der Waals surface area contributed by atoms with Crippen molar-refractivity contribution in [3.05, 3.63) is 75.9 Å². The van der Waals surface area contributed by atoms with Crippen LogP contribution >= 0.6 is 22.6 Å². The Morgan fingerprint density at radius 3 is 2.32 bits per heavy atom. The molecule has 130 valence electrons. The van der Waals surface area contributed by atoms with E-state index in [1.807, 2.05) is 59.8 Å². The summed E-state index contributed by atoms with van der Waals surface area (Å²) in [6.07, 6.45) is -1.26. The molecular formula is C18H16INO4S. The van der Waals surface area contributed by atoms with Gasteiger partial charge in [-0.1, -0.05) is 59.0 Å². The maximum Gasteiger partial charge on any atom is 0.401 e. The number of hydrogen-bond donors (Lipinski definition) is 0. The molecule has 0 N–H and O–H groups in total. The molecule has 1 saturated heterocycles. The van der Waals surface area contributed by atoms with Crippen LogP contribution in [0.25, 0.3) is 0 Å². The van der Waals surface area contributed by atoms with Gasteiger partial charge in [0.15, 0.2) is 12.2 Å². The fourth-order valence-corrected chi connectivity index (χ4v) is 3.71. The van der Waals surface area contributed by atoms with Crippen LogP contribution in [0.3, 0.4) is 0 Å². The van der Waals surface area contributed by atoms with Gasteiger partial charge in [0.2, 0.25) is 0 Å². The average Bonchev–Trinajstić information content (AvgIpc) is 2.99. The molecule has 0 radical (unpaired) electrons. The summed E-state index contributed by atoms with van der Waals surface area (Å²) in [5.41, 5.74) is 1.83. The summed E-state index contributed by atoms with van der Waals surface area (Å²) < 4.78 is 40.6. The Hall–Kier alpha value is -1.87. The molecule has 1 aliphatic rings. The third kappa shape index (κ3) is 4.04. The SMILES string of the molecule is C=C(I)[C@@H]1O/C(=N/S(=O)(=O)c2ccc(C)cc2)O[C@H]1c1ccccc1. The summed E-state index contributed by atoms with van der Waals surface area (Å²) in [7, 11) is -3.91. The Kier molecular flexibility index (Phi) is 5.14. The monoisotopic (exact) mass is 469 g/mol. The van der Waals surface area contributed by atoms with Crippen LogP contribution < -0.4 is 0 Å². The Bertz CT molecular complexity index is 908. The molecule has 25 heavy (non-hydrogen) atoms. The molecule has 0 saturated carbocycles. The highest BCUT2D eigenvalue weighted by Gasteiger charge is 2.38. The number of sulfonamides is 1. The molecule has 5 nitrogen and oxygen atoms in total. The topological polar surface area (TPSA) is 65.0 Å². The lowest BCUT2D eigenvalue weighted by atomic mass is 10.1. The third-order valence-electron chi connectivity index (χ3n) is 3.68. The number of rotatable bonds is 4. The molecular weight excluding hydrogens is 453 g/mol. The summed E-state index contributed by atoms with van der Waals surface area (Å²) >= 11 is 2.05. The Morgan fingerprint density at radius 2 is 1.72 bits per heavy atom. The van der Waals surface area contributed by atoms with Gasteiger partial charge in [0, 0.05) is 3.58 Å². The first-order valence-electron chi connectivity index (χ1n) is 7.51. The Balaban J connectivity index is 1.91. The van der Waals surface area contributed by atoms with Crippen molar-refractivity contribution in [1.29, 1.82) is 0 Å². The van der Waals surface area contributed by atoms with E-state index in [1.165, 1.54) is 12.1 Å². The van der Waals surface area contributed by atoms with E-state index in [4.69, 9.17) is 9.47 Å². The van der Waals surface area contributed by atoms with Gasteiger partial charge in [0.05, 0.1) is 4.90 Å². The fraction of sp³-hybridized carbons (Fsp3) is 0.167. The van der Waals surface area contributed by atoms with Crippen LogP contribution in [0.2, 0.25) is 0 Å². The minimum absolute atomic E-state index is 0.0887. The number of benzene rings is 2. The molecule has 0 spiro atoms. The molecule has 2 aromatic rings. The number of nitrogens with zero attached hydrogens (tertiary/aromatic N) is 1. The highest BCUT2D eigenvalue weighted by molar-refractivity contribution is 14.1. The van der Waals surface area contributed by atoms with Crippen molar-refractivity contribution in [2.75, 3.05) is 0 Å². The lowest BCUT2D eigenvalue weighted by Crippen LogP contribution is -2.14. The second kappa shape index (κ2) is 7.17. The van der Waals surface area contributed by atoms with Crippen molar-refractivity contribution in [1.82, 2.24) is 0 Å². The van der Waals surface area contributed by atoms with Gasteiger partial charge in [-0.3, -0.25) is 0 Å². The lowest BCUT2D eigenvalue weighted by molar-refractivity contribution is 0.193. The molecule has 1 aliphatic heterocycles. The highest BCUT2D eigenvalue weighted by atomic mass is 127. The van der Waals surface area contributed by atoms with Crippen LogP contribution in [-0.2, 0) is 19.5 Å². The Morgan fingerprint density at radius 1 is 1.08 bits per heavy atom. The number of halogens is 1. The first-order chi connectivity index (χ1) is 11.9. The number of ether oxygens (including phenoxy) is 2. The summed E-state index contributed by atoms with van der Waals surface area (Å²) in [5, 5.41) is 0. The van der Waals surface area contributed by atoms with E-state index in [-0.39, 0.29) is 11.0 Å². The summed E-state index contributed by atoms with van der Waals surface area (Å²) in [6, 6.07) is 15.9. The van der Waals surface area contributed by atoms with E-state index >= 15 is 0 Å². The molecule has 2 aromatic carbocycles. The van der Waals surface area contributed by atoms with Gasteiger partial charge in [-0.2, -0.15) is 8.42 Å². The van der Waals surface area contributed by atoms with E-state index < -0.39 is 22.2 Å². The minimum Gasteiger partial charge on any atom is -0.437 e. The zero-order valence-electron chi connectivity index (χ0n) is 13.4. The van der Waals surface area contributed by atoms with Gasteiger partial charge >= 0.3 is 6.08 Å². The van der Waals surface area contributed by atoms with Crippen molar-refractivity contribution in [3.8, 4) is 0 Å². The number of hydrogen-bond acceptors (Lipinski definition) is 4. The van der Waals surface area contributed by atoms with Crippen LogP contribution in [0.5, 0.6) is 0 Å². The molecule has 3 rings (SSSR count). The Labute approximate surface area is 160 Å². The van der Waals surface area contributed by atoms with Gasteiger partial charge < -0.3 is 9.47 Å². The van der Waals surface area contributed by atoms with Gasteiger partial charge in [0.25, 0.3) is 10.0 Å². The van der Waals surface area contributed by atoms with Gasteiger partial charge in [-0.15, -0.1) is 0 Å². The van der Waals surface area contributed by atoms with Crippen molar-refractivity contribution < 1.29 is 17.9 Å². The van der Waals surface area contributed by atoms with E-state index in [0.717, 1.165) is 11.1 Å². The predicted octanol–water partition coefficient (Wildman–Crippen LogP) is 4.15. The summed E-state index contributed by atoms with van der Waals surface area (Å²) in [5.74, 6) is 0. The molecule has 1 fully saturated rings. The minimum atomic E-state index is -3.91. The quantitative estimate of drug-likeness (QED) is 0.632. The average molecular weight is 469 g/mol. The first kappa shape index (κ1) is 17.9. The molecule has 2 atom stereocenters. The largest absolute Gasteiger partial charge is 0.437 e. The molecule has 0 aliphatic carbocycles. The number of aryl methyl sites for hydroxylation is 1. The predicted molar refractivity (Wildman–Crippen MR) is 104 cm³/mol. The fourth-order valence-electron chi connectivity index (χ4n) is 2.39. The van der Waals surface area contributed by atoms with Crippen LogP contribution in [0.1, 0.15) is 17.2 Å². The molecule has 1 heterocycles. The van der Waals surface area contributed by atoms with Gasteiger partial charge in [-0.25, -0.2) is 0 Å². The van der Waals surface area contributed by atoms with Crippen molar-refractivity contribution in [3.63, 3.8) is 0 Å². The van der Waals surface area contributed by atoms with Gasteiger partial charge in [0.1, 0.15) is 0 Å². The summed E-state index contributed by atoms with van der Waals surface area (Å²) in [6.45, 7) is 5.77. The molecule has 7 heteroatoms. The molecule has 0 aromatic heterocycles. The second-order valence-corrected chi connectivity index (χ2v) is 8.57. The van der Waals surface area contributed by atoms with Crippen LogP contribution in [0.4, 0.5) is 0 Å². The normalized spacial score (nSPS) is 21.6. The third-order valence-corrected chi connectivity index (χ3v) is 5.55. The second-order valence-electron chi connectivity index (χ2n) is 5.58. The molecule has 0 amide bonds. The maximum atomic E-state index is 12.4. The first-order valence-corrected chi connectivity index (χ1v) is 10.0. The standard InChI is InChI=1S/C18H16INO4S/c1-12-8-10-15(11-9-12)25(21,22)20-18-23-16(13(2)19)17(24-18)14-6-4-3-5-7-14/h3-11,16-17H,2H2,1H3/b20-18-/t16-,17-/m0/s1. The van der Waals surface area contributed by atoms with Crippen LogP contribution in [-0.4, -0.2) is 20.6 Å². The van der Waals surface area contributed by atoms with Crippen molar-refractivity contribution >= 4 is 38.7 Å². The van der Waals surface area contributed by atoms with Crippen LogP contribution in [0.15, 0.2) is 74.0 Å². The molecule has 0 bridgehead atoms. The zero-order chi connectivity index (χ0) is 18.0.